The molecule has 0 saturated carbocycles. The van der Waals surface area contributed by atoms with Crippen molar-refractivity contribution in [3.05, 3.63) is 0 Å². The summed E-state index contributed by atoms with van der Waals surface area (Å²) < 4.78 is 25.1. The molecule has 4 nitrogen and oxygen atoms in total. The van der Waals surface area contributed by atoms with Gasteiger partial charge in [0.1, 0.15) is 0 Å². The Morgan fingerprint density at radius 1 is 0.700 bits per heavy atom. The van der Waals surface area contributed by atoms with Crippen LogP contribution in [-0.4, -0.2) is 23.4 Å². The van der Waals surface area contributed by atoms with Crippen molar-refractivity contribution >= 4 is 0 Å². The molecule has 0 amide bonds. The van der Waals surface area contributed by atoms with Crippen molar-refractivity contribution in [2.24, 2.45) is 0 Å². The monoisotopic (exact) mass is 328 g/mol. The molecule has 0 atom stereocenters. The van der Waals surface area contributed by atoms with Crippen molar-refractivity contribution in [1.82, 2.24) is 0 Å². The summed E-state index contributed by atoms with van der Waals surface area (Å²) >= 11 is -4.59. The van der Waals surface area contributed by atoms with E-state index in [1.807, 2.05) is 55.4 Å². The first-order valence-electron chi connectivity index (χ1n) is 7.69. The standard InChI is InChI=1S/C3H8O.2C3H7O.2C3H7.O.Ti/c3*1-3(2)4;2*1-3-2;;/h3-4H,1-2H3;2*3H,1-2H3;2*3H,1-2H3;;/q;2*-1;;;;+2. The van der Waals surface area contributed by atoms with Crippen LogP contribution in [0.5, 0.6) is 0 Å². The second-order valence-electron chi connectivity index (χ2n) is 6.86. The van der Waals surface area contributed by atoms with Gasteiger partial charge < -0.3 is 5.11 Å². The zero-order valence-electron chi connectivity index (χ0n) is 15.1. The molecular formula is C15H36O4Ti. The van der Waals surface area contributed by atoms with Crippen molar-refractivity contribution in [3.8, 4) is 0 Å². The van der Waals surface area contributed by atoms with Crippen LogP contribution in [0.15, 0.2) is 0 Å². The molecule has 0 aromatic heterocycles. The molecule has 0 aliphatic heterocycles. The van der Waals surface area contributed by atoms with Crippen LogP contribution >= 0.6 is 0 Å². The average molecular weight is 328 g/mol. The van der Waals surface area contributed by atoms with Crippen LogP contribution in [0.2, 0.25) is 8.45 Å². The van der Waals surface area contributed by atoms with Gasteiger partial charge in [-0.2, -0.15) is 0 Å². The SMILES string of the molecule is CC(C)O.CC(C)[O][Ti](=[O])([O]C(C)C)([CH](C)C)[CH](C)C. The molecule has 0 spiro atoms. The summed E-state index contributed by atoms with van der Waals surface area (Å²) in [5.41, 5.74) is 0. The summed E-state index contributed by atoms with van der Waals surface area (Å²) in [7, 11) is 0. The molecule has 0 heterocycles. The fourth-order valence-electron chi connectivity index (χ4n) is 2.17. The summed E-state index contributed by atoms with van der Waals surface area (Å²) in [5, 5.41) is 8.06. The van der Waals surface area contributed by atoms with Gasteiger partial charge in [0.25, 0.3) is 0 Å². The van der Waals surface area contributed by atoms with Crippen LogP contribution in [0.1, 0.15) is 69.2 Å². The van der Waals surface area contributed by atoms with Crippen molar-refractivity contribution < 1.29 is 31.1 Å². The summed E-state index contributed by atoms with van der Waals surface area (Å²) in [4.78, 5) is 0. The molecule has 0 unspecified atom stereocenters. The van der Waals surface area contributed by atoms with Crippen molar-refractivity contribution in [2.75, 3.05) is 0 Å². The maximum absolute atomic E-state index is 13.4. The van der Waals surface area contributed by atoms with Crippen LogP contribution < -0.4 is 0 Å². The van der Waals surface area contributed by atoms with Gasteiger partial charge in [0.2, 0.25) is 0 Å². The summed E-state index contributed by atoms with van der Waals surface area (Å²) in [6.07, 6.45) is -0.309. The fraction of sp³-hybridized carbons (Fsp3) is 1.00. The van der Waals surface area contributed by atoms with Crippen molar-refractivity contribution in [2.45, 2.75) is 96.0 Å². The van der Waals surface area contributed by atoms with Gasteiger partial charge in [-0.05, 0) is 13.8 Å². The predicted molar refractivity (Wildman–Crippen MR) is 80.7 cm³/mol. The molecule has 0 aromatic rings. The topological polar surface area (TPSA) is 55.8 Å². The number of hydrogen-bond donors (Lipinski definition) is 1. The number of rotatable bonds is 6. The quantitative estimate of drug-likeness (QED) is 0.715. The van der Waals surface area contributed by atoms with Crippen LogP contribution in [0.3, 0.4) is 0 Å². The Bertz CT molecular complexity index is 289. The first-order valence-corrected chi connectivity index (χ1v) is 11.4. The Morgan fingerprint density at radius 2 is 0.900 bits per heavy atom. The molecule has 0 rings (SSSR count). The Morgan fingerprint density at radius 3 is 1.00 bits per heavy atom. The van der Waals surface area contributed by atoms with E-state index in [4.69, 9.17) is 11.7 Å². The molecule has 124 valence electrons. The third-order valence-corrected chi connectivity index (χ3v) is 12.4. The summed E-state index contributed by atoms with van der Waals surface area (Å²) in [6, 6.07) is 0. The first-order chi connectivity index (χ1) is 8.76. The Labute approximate surface area is 127 Å². The predicted octanol–water partition coefficient (Wildman–Crippen LogP) is 4.75. The number of aliphatic hydroxyl groups excluding tert-OH is 1. The molecule has 0 fully saturated rings. The van der Waals surface area contributed by atoms with Gasteiger partial charge in [0.15, 0.2) is 0 Å². The Balaban J connectivity index is 0. The zero-order chi connectivity index (χ0) is 16.7. The van der Waals surface area contributed by atoms with E-state index < -0.39 is 16.1 Å². The Hall–Kier alpha value is 0.394. The van der Waals surface area contributed by atoms with E-state index in [-0.39, 0.29) is 26.8 Å². The van der Waals surface area contributed by atoms with Gasteiger partial charge >= 0.3 is 102 Å². The summed E-state index contributed by atoms with van der Waals surface area (Å²) in [5.74, 6) is 0. The second kappa shape index (κ2) is 8.74. The van der Waals surface area contributed by atoms with Crippen molar-refractivity contribution in [1.29, 1.82) is 0 Å². The van der Waals surface area contributed by atoms with E-state index in [0.29, 0.717) is 0 Å². The van der Waals surface area contributed by atoms with E-state index >= 15 is 0 Å². The third kappa shape index (κ3) is 6.90. The first kappa shape index (κ1) is 22.7. The molecule has 0 saturated heterocycles. The third-order valence-electron chi connectivity index (χ3n) is 3.02. The number of aliphatic hydroxyl groups is 1. The minimum atomic E-state index is -4.59. The molecule has 0 radical (unpaired) electrons. The molecule has 0 aliphatic carbocycles. The van der Waals surface area contributed by atoms with Crippen LogP contribution in [0.4, 0.5) is 0 Å². The molecule has 5 heteroatoms. The fourth-order valence-corrected chi connectivity index (χ4v) is 8.94. The molecular weight excluding hydrogens is 292 g/mol. The van der Waals surface area contributed by atoms with Crippen LogP contribution in [0, 0.1) is 0 Å². The van der Waals surface area contributed by atoms with E-state index in [1.165, 1.54) is 0 Å². The summed E-state index contributed by atoms with van der Waals surface area (Å²) in [6.45, 7) is 18.8. The molecule has 1 N–H and O–H groups in total. The molecule has 0 bridgehead atoms. The minimum absolute atomic E-state index is 0.0678. The van der Waals surface area contributed by atoms with E-state index in [1.54, 1.807) is 13.8 Å². The zero-order valence-corrected chi connectivity index (χ0v) is 16.6. The Kier molecular flexibility index (Phi) is 9.91. The van der Waals surface area contributed by atoms with Gasteiger partial charge in [0, 0.05) is 6.10 Å². The van der Waals surface area contributed by atoms with Gasteiger partial charge in [-0.25, -0.2) is 0 Å². The van der Waals surface area contributed by atoms with Gasteiger partial charge in [-0.1, -0.05) is 0 Å². The molecule has 0 aliphatic rings. The normalized spacial score (nSPS) is 13.4. The molecule has 20 heavy (non-hydrogen) atoms. The van der Waals surface area contributed by atoms with Crippen LogP contribution in [0.25, 0.3) is 0 Å². The van der Waals surface area contributed by atoms with E-state index in [2.05, 4.69) is 0 Å². The second-order valence-corrected chi connectivity index (χ2v) is 14.7. The van der Waals surface area contributed by atoms with E-state index in [9.17, 15) is 3.32 Å². The van der Waals surface area contributed by atoms with Crippen molar-refractivity contribution in [3.63, 3.8) is 0 Å². The van der Waals surface area contributed by atoms with E-state index in [0.717, 1.165) is 0 Å². The van der Waals surface area contributed by atoms with Gasteiger partial charge in [-0.3, -0.25) is 0 Å². The maximum atomic E-state index is 13.4. The van der Waals surface area contributed by atoms with Gasteiger partial charge in [0.05, 0.1) is 0 Å². The average Bonchev–Trinajstić information content (AvgIpc) is 2.12. The number of hydrogen-bond acceptors (Lipinski definition) is 4. The molecule has 0 aromatic carbocycles. The van der Waals surface area contributed by atoms with Crippen LogP contribution in [-0.2, 0) is 26.0 Å². The van der Waals surface area contributed by atoms with Gasteiger partial charge in [-0.15, -0.1) is 0 Å².